The molecule has 1 fully saturated rings. The van der Waals surface area contributed by atoms with Gasteiger partial charge in [-0.2, -0.15) is 51.8 Å². The van der Waals surface area contributed by atoms with Gasteiger partial charge >= 0.3 is 12.4 Å². The average Bonchev–Trinajstić information content (AvgIpc) is 1.59. The number of rotatable bonds is 19. The predicted molar refractivity (Wildman–Crippen MR) is 494 cm³/mol. The normalized spacial score (nSPS) is 12.0. The number of nitrogens with zero attached hydrogens (tertiary/aromatic N) is 20. The quantitative estimate of drug-likeness (QED) is 0.0336. The van der Waals surface area contributed by atoms with Gasteiger partial charge in [0.1, 0.15) is 66.5 Å². The van der Waals surface area contributed by atoms with Crippen molar-refractivity contribution in [3.63, 3.8) is 0 Å². The van der Waals surface area contributed by atoms with E-state index in [1.807, 2.05) is 0 Å². The number of amides is 5. The highest BCUT2D eigenvalue weighted by Gasteiger charge is 2.37. The Hall–Kier alpha value is -18.5. The van der Waals surface area contributed by atoms with Crippen LogP contribution in [0.15, 0.2) is 214 Å². The third kappa shape index (κ3) is 21.5. The van der Waals surface area contributed by atoms with Gasteiger partial charge in [-0.05, 0) is 116 Å². The van der Waals surface area contributed by atoms with Gasteiger partial charge in [-0.1, -0.05) is 42.0 Å². The average molecular weight is 1990 g/mol. The van der Waals surface area contributed by atoms with Gasteiger partial charge < -0.3 is 51.5 Å². The van der Waals surface area contributed by atoms with Crippen molar-refractivity contribution < 1.29 is 89.8 Å². The lowest BCUT2D eigenvalue weighted by Gasteiger charge is -2.13. The number of carbonyl (C=O) groups is 5. The summed E-state index contributed by atoms with van der Waals surface area (Å²) in [4.78, 5) is 116. The minimum Gasteiger partial charge on any atom is -0.354 e. The van der Waals surface area contributed by atoms with Crippen LogP contribution in [0.1, 0.15) is 130 Å². The van der Waals surface area contributed by atoms with Crippen LogP contribution < -0.4 is 26.6 Å². The lowest BCUT2D eigenvalue weighted by atomic mass is 9.98. The molecule has 0 saturated heterocycles. The predicted octanol–water partition coefficient (Wildman–Crippen LogP) is 19.5. The molecule has 35 nitrogen and oxygen atoms in total. The molecule has 0 unspecified atom stereocenters. The van der Waals surface area contributed by atoms with Crippen molar-refractivity contribution >= 4 is 113 Å². The van der Waals surface area contributed by atoms with Crippen LogP contribution in [0, 0.1) is 24.4 Å². The van der Waals surface area contributed by atoms with Crippen LogP contribution in [0.2, 0.25) is 0 Å². The first kappa shape index (κ1) is 97.2. The molecule has 1 saturated carbocycles. The highest BCUT2D eigenvalue weighted by atomic mass is 19.4. The van der Waals surface area contributed by atoms with Crippen molar-refractivity contribution in [2.24, 2.45) is 35.2 Å². The van der Waals surface area contributed by atoms with Crippen LogP contribution in [0.4, 0.5) is 94.9 Å². The van der Waals surface area contributed by atoms with Crippen LogP contribution in [0.25, 0.3) is 111 Å². The molecular weight excluding hydrogens is 1910 g/mol. The minimum atomic E-state index is -4.48. The second-order valence-electron chi connectivity index (χ2n) is 32.2. The zero-order valence-electron chi connectivity index (χ0n) is 75.1. The molecule has 15 aromatic heterocycles. The summed E-state index contributed by atoms with van der Waals surface area (Å²) in [6.07, 6.45) is -1.58. The zero-order valence-corrected chi connectivity index (χ0v) is 75.1. The van der Waals surface area contributed by atoms with Crippen molar-refractivity contribution in [1.82, 2.24) is 124 Å². The van der Waals surface area contributed by atoms with E-state index >= 15 is 0 Å². The van der Waals surface area contributed by atoms with E-state index < -0.39 is 95.3 Å². The molecule has 20 aromatic rings. The van der Waals surface area contributed by atoms with E-state index in [-0.39, 0.29) is 91.5 Å². The molecule has 0 radical (unpaired) electrons. The Morgan fingerprint density at radius 2 is 0.625 bits per heavy atom. The monoisotopic (exact) mass is 1980 g/mol. The first-order valence-corrected chi connectivity index (χ1v) is 42.6. The number of alkyl halides is 12. The third-order valence-corrected chi connectivity index (χ3v) is 22.4. The fourth-order valence-corrected chi connectivity index (χ4v) is 15.3. The Balaban J connectivity index is 0.000000124. The lowest BCUT2D eigenvalue weighted by molar-refractivity contribution is -0.137. The van der Waals surface area contributed by atoms with Gasteiger partial charge in [-0.15, -0.1) is 0 Å². The van der Waals surface area contributed by atoms with E-state index in [0.717, 1.165) is 54.1 Å². The van der Waals surface area contributed by atoms with Crippen LogP contribution in [-0.4, -0.2) is 153 Å². The van der Waals surface area contributed by atoms with E-state index in [9.17, 15) is 89.8 Å². The molecule has 1 aliphatic carbocycles. The van der Waals surface area contributed by atoms with Gasteiger partial charge in [0.2, 0.25) is 29.1 Å². The first-order valence-electron chi connectivity index (χ1n) is 42.6. The summed E-state index contributed by atoms with van der Waals surface area (Å²) >= 11 is 0. The van der Waals surface area contributed by atoms with Gasteiger partial charge in [0.25, 0.3) is 48.8 Å². The zero-order chi connectivity index (χ0) is 102. The fourth-order valence-electron chi connectivity index (χ4n) is 15.3. The largest absolute Gasteiger partial charge is 0.417 e. The van der Waals surface area contributed by atoms with Gasteiger partial charge in [0.05, 0.1) is 38.7 Å². The number of fused-ring (bicyclic) bond motifs is 5. The number of nitrogens with one attached hydrogen (secondary N) is 10. The summed E-state index contributed by atoms with van der Waals surface area (Å²) in [6.45, 7) is 1.73. The van der Waals surface area contributed by atoms with E-state index in [4.69, 9.17) is 0 Å². The second-order valence-corrected chi connectivity index (χ2v) is 32.2. The molecule has 5 aromatic carbocycles. The molecule has 10 N–H and O–H groups in total. The Kier molecular flexibility index (Phi) is 27.1. The van der Waals surface area contributed by atoms with E-state index in [2.05, 4.69) is 127 Å². The van der Waals surface area contributed by atoms with Crippen molar-refractivity contribution in [1.29, 1.82) is 0 Å². The summed E-state index contributed by atoms with van der Waals surface area (Å²) < 4.78 is 208. The molecule has 144 heavy (non-hydrogen) atoms. The molecule has 1 aliphatic rings. The SMILES string of the molecule is Cc1ccc(C(F)(F)F)c(-c2cc3cnc(NC(=O)c4ncnn4C)cc3[nH]2)c1.Cn1ncnc1C(=O)Nc1cc2[nH]c(-c3cc(C4CC4)ccc3C(F)(F)F)cc2cn1.Cn1ncnc1C(=O)Nc1cc2[nH]c(-c3cc(F)c(F)cc3C(F)F)cc2cn1.Cn1ncnc1C(=O)Nc1cc2[nH]c(-c3cc(F)ccc3C(F)F)cc2cn1.Cn1ncnc1C(=O)Nc1cc2[nH]c(-c3ccccc3C(F)F)cc2cn1. The number of aryl methyl sites for hydroxylation is 6. The Morgan fingerprint density at radius 3 is 0.944 bits per heavy atom. The smallest absolute Gasteiger partial charge is 0.354 e. The number of aromatic amines is 5. The Morgan fingerprint density at radius 1 is 0.326 bits per heavy atom. The number of benzene rings is 5. The number of halogens is 15. The summed E-state index contributed by atoms with van der Waals surface area (Å²) in [5.41, 5.74) is 4.19. The molecule has 21 rings (SSSR count). The maximum atomic E-state index is 13.6. The number of hydrogen-bond acceptors (Lipinski definition) is 20. The summed E-state index contributed by atoms with van der Waals surface area (Å²) in [6, 6.07) is 34.8. The van der Waals surface area contributed by atoms with Crippen LogP contribution in [0.3, 0.4) is 0 Å². The van der Waals surface area contributed by atoms with Crippen LogP contribution in [0.5, 0.6) is 0 Å². The Bertz CT molecular complexity index is 8280. The third-order valence-electron chi connectivity index (χ3n) is 22.4. The summed E-state index contributed by atoms with van der Waals surface area (Å²) in [5, 5.41) is 35.3. The number of H-pyrrole nitrogens is 5. The molecule has 0 bridgehead atoms. The number of anilines is 5. The number of pyridine rings is 5. The number of aromatic nitrogens is 25. The highest BCUT2D eigenvalue weighted by molar-refractivity contribution is 6.06. The van der Waals surface area contributed by atoms with Gasteiger partial charge in [-0.25, -0.2) is 113 Å². The molecule has 50 heteroatoms. The molecule has 0 spiro atoms. The van der Waals surface area contributed by atoms with Crippen molar-refractivity contribution in [2.45, 2.75) is 57.3 Å². The van der Waals surface area contributed by atoms with Crippen LogP contribution >= 0.6 is 0 Å². The van der Waals surface area contributed by atoms with Crippen molar-refractivity contribution in [2.75, 3.05) is 26.6 Å². The molecular formula is C94H71F15N30O5. The van der Waals surface area contributed by atoms with E-state index in [1.54, 1.807) is 127 Å². The lowest BCUT2D eigenvalue weighted by Crippen LogP contribution is -2.18. The molecule has 5 amide bonds. The number of hydrogen-bond donors (Lipinski definition) is 10. The van der Waals surface area contributed by atoms with Crippen molar-refractivity contribution in [3.05, 3.63) is 300 Å². The second kappa shape index (κ2) is 40.2. The molecule has 0 atom stereocenters. The molecule has 15 heterocycles. The molecule has 732 valence electrons. The minimum absolute atomic E-state index is 0.0483. The fraction of sp³-hybridized carbons (Fsp3) is 0.149. The van der Waals surface area contributed by atoms with Gasteiger partial charge in [0, 0.05) is 196 Å². The van der Waals surface area contributed by atoms with Gasteiger partial charge in [-0.3, -0.25) is 24.0 Å². The molecule has 0 aliphatic heterocycles. The first-order chi connectivity index (χ1) is 68.8. The van der Waals surface area contributed by atoms with E-state index in [1.165, 1.54) is 110 Å². The number of carbonyl (C=O) groups excluding carboxylic acids is 5. The maximum Gasteiger partial charge on any atom is 0.417 e. The standard InChI is InChI=1S/C21H17F3N6O.C19H15F3N6O.C18H12F4N6O.C18H13F3N6O.C18H14F2N6O/c1-30-19(26-10-27-30)20(31)29-18-8-16-13(9-25-18)7-17(28-16)14-6-12(11-2-3-11)4-5-15(14)21(22,23)24;1-10-3-4-13(19(20,21)22)12(5-10)15-6-11-8-23-16(7-14(11)26-15)27-18(29)17-24-9-25-28(17)2;1-28-17(24-7-25-28)18(29)27-15-5-13-8(6-23-15)2-14(26-13)9-3-11(19)12(20)4-10(9)16(21)22;1-27-17(23-8-24-27)18(28)26-15-6-13-9(7-22-15)4-14(25-13)12-5-10(19)2-3-11(12)16(20)21;1-26-17(22-9-23-26)18(27)25-15-7-13-10(8-21-15)6-14(24-13)11-4-2-3-5-12(11)16(19)20/h4-11,28H,2-3H2,1H3,(H,25,29,31);3-9,26H,1-2H3,(H,23,27,29);2-7,16,26H,1H3,(H,23,27,29);2-8,16,25H,1H3,(H,22,26,28);2-9,16,24H,1H3,(H,21,25,27). The van der Waals surface area contributed by atoms with Crippen LogP contribution in [-0.2, 0) is 47.6 Å². The summed E-state index contributed by atoms with van der Waals surface area (Å²) in [7, 11) is 7.91. The summed E-state index contributed by atoms with van der Waals surface area (Å²) in [5.74, 6) is -3.60. The van der Waals surface area contributed by atoms with E-state index in [0.29, 0.717) is 107 Å². The maximum absolute atomic E-state index is 13.6. The van der Waals surface area contributed by atoms with Crippen molar-refractivity contribution in [3.8, 4) is 56.3 Å². The highest BCUT2D eigenvalue weighted by Crippen LogP contribution is 2.46. The van der Waals surface area contributed by atoms with Gasteiger partial charge in [0.15, 0.2) is 11.6 Å². The Labute approximate surface area is 798 Å². The topological polar surface area (TPSA) is 442 Å².